The van der Waals surface area contributed by atoms with Crippen molar-refractivity contribution in [3.63, 3.8) is 0 Å². The van der Waals surface area contributed by atoms with Gasteiger partial charge in [0, 0.05) is 6.42 Å². The van der Waals surface area contributed by atoms with Crippen LogP contribution in [0.15, 0.2) is 49.1 Å². The van der Waals surface area contributed by atoms with Gasteiger partial charge < -0.3 is 14.6 Å². The van der Waals surface area contributed by atoms with Crippen molar-refractivity contribution >= 4 is 5.97 Å². The summed E-state index contributed by atoms with van der Waals surface area (Å²) in [6.45, 7) is 4.30. The molecule has 0 heterocycles. The lowest BCUT2D eigenvalue weighted by Gasteiger charge is -2.12. The Bertz CT molecular complexity index is 476. The molecule has 0 spiro atoms. The summed E-state index contributed by atoms with van der Waals surface area (Å²) < 4.78 is 10.9. The van der Waals surface area contributed by atoms with E-state index in [4.69, 9.17) is 14.6 Å². The Balaban J connectivity index is 2.27. The summed E-state index contributed by atoms with van der Waals surface area (Å²) in [5, 5.41) is 8.54. The van der Waals surface area contributed by atoms with Crippen molar-refractivity contribution in [2.45, 2.75) is 38.4 Å². The molecule has 0 aliphatic heterocycles. The Morgan fingerprint density at radius 3 is 2.64 bits per heavy atom. The van der Waals surface area contributed by atoms with Gasteiger partial charge in [-0.05, 0) is 37.0 Å². The first-order chi connectivity index (χ1) is 10.7. The molecule has 1 aromatic rings. The molecule has 1 N–H and O–H groups in total. The standard InChI is InChI=1S/C18H24O4/c1-3-16(8-6-4-5-7-9-18(19)20)22-14-15-10-12-17(21-2)13-11-15/h3-4,6,10-13,16H,1,5,7-9,14H2,2H3,(H,19,20)/b6-4-/t16-/m0/s1. The number of carbonyl (C=O) groups is 1. The van der Waals surface area contributed by atoms with Gasteiger partial charge >= 0.3 is 5.97 Å². The monoisotopic (exact) mass is 304 g/mol. The highest BCUT2D eigenvalue weighted by molar-refractivity contribution is 5.66. The van der Waals surface area contributed by atoms with E-state index < -0.39 is 5.97 Å². The van der Waals surface area contributed by atoms with Crippen molar-refractivity contribution in [3.8, 4) is 5.75 Å². The average Bonchev–Trinajstić information content (AvgIpc) is 2.53. The van der Waals surface area contributed by atoms with Crippen LogP contribution in [0, 0.1) is 0 Å². The van der Waals surface area contributed by atoms with E-state index in [1.165, 1.54) is 0 Å². The van der Waals surface area contributed by atoms with Crippen LogP contribution in [0.4, 0.5) is 0 Å². The number of aliphatic carboxylic acids is 1. The summed E-state index contributed by atoms with van der Waals surface area (Å²) in [5.41, 5.74) is 1.08. The number of carboxylic acid groups (broad SMARTS) is 1. The number of methoxy groups -OCH3 is 1. The molecule has 22 heavy (non-hydrogen) atoms. The second-order valence-corrected chi connectivity index (χ2v) is 4.93. The largest absolute Gasteiger partial charge is 0.497 e. The topological polar surface area (TPSA) is 55.8 Å². The predicted octanol–water partition coefficient (Wildman–Crippen LogP) is 3.97. The predicted molar refractivity (Wildman–Crippen MR) is 87.0 cm³/mol. The molecule has 0 aromatic heterocycles. The molecule has 4 heteroatoms. The molecule has 0 fully saturated rings. The van der Waals surface area contributed by atoms with Gasteiger partial charge in [-0.3, -0.25) is 4.79 Å². The molecule has 1 rings (SSSR count). The van der Waals surface area contributed by atoms with Gasteiger partial charge in [0.1, 0.15) is 5.75 Å². The summed E-state index contributed by atoms with van der Waals surface area (Å²) in [6, 6.07) is 7.76. The van der Waals surface area contributed by atoms with Crippen LogP contribution in [-0.4, -0.2) is 24.3 Å². The Labute approximate surface area is 132 Å². The first kappa shape index (κ1) is 18.0. The quantitative estimate of drug-likeness (QED) is 0.496. The lowest BCUT2D eigenvalue weighted by molar-refractivity contribution is -0.137. The van der Waals surface area contributed by atoms with Crippen molar-refractivity contribution in [3.05, 3.63) is 54.6 Å². The van der Waals surface area contributed by atoms with Crippen LogP contribution in [0.5, 0.6) is 5.75 Å². The Morgan fingerprint density at radius 1 is 1.32 bits per heavy atom. The molecule has 4 nitrogen and oxygen atoms in total. The normalized spacial score (nSPS) is 12.2. The maximum atomic E-state index is 10.4. The molecule has 0 saturated heterocycles. The minimum absolute atomic E-state index is 0.0437. The van der Waals surface area contributed by atoms with Gasteiger partial charge in [0.15, 0.2) is 0 Å². The smallest absolute Gasteiger partial charge is 0.303 e. The fourth-order valence-electron chi connectivity index (χ4n) is 1.88. The van der Waals surface area contributed by atoms with E-state index in [0.29, 0.717) is 13.0 Å². The van der Waals surface area contributed by atoms with Gasteiger partial charge in [0.2, 0.25) is 0 Å². The van der Waals surface area contributed by atoms with Crippen molar-refractivity contribution < 1.29 is 19.4 Å². The molecule has 0 aliphatic carbocycles. The fourth-order valence-corrected chi connectivity index (χ4v) is 1.88. The second-order valence-electron chi connectivity index (χ2n) is 4.93. The summed E-state index contributed by atoms with van der Waals surface area (Å²) in [6.07, 6.45) is 8.14. The molecule has 0 radical (unpaired) electrons. The van der Waals surface area contributed by atoms with Crippen molar-refractivity contribution in [2.24, 2.45) is 0 Å². The van der Waals surface area contributed by atoms with E-state index in [9.17, 15) is 4.79 Å². The van der Waals surface area contributed by atoms with Crippen LogP contribution in [0.2, 0.25) is 0 Å². The highest BCUT2D eigenvalue weighted by Crippen LogP contribution is 2.13. The van der Waals surface area contributed by atoms with E-state index in [1.807, 2.05) is 36.4 Å². The minimum atomic E-state index is -0.750. The third-order valence-electron chi connectivity index (χ3n) is 3.18. The molecule has 120 valence electrons. The lowest BCUT2D eigenvalue weighted by atomic mass is 10.2. The summed E-state index contributed by atoms with van der Waals surface area (Å²) in [5.74, 6) is 0.0773. The maximum absolute atomic E-state index is 10.4. The summed E-state index contributed by atoms with van der Waals surface area (Å²) >= 11 is 0. The number of benzene rings is 1. The zero-order valence-electron chi connectivity index (χ0n) is 13.0. The van der Waals surface area contributed by atoms with Crippen LogP contribution in [0.3, 0.4) is 0 Å². The third-order valence-corrected chi connectivity index (χ3v) is 3.18. The van der Waals surface area contributed by atoms with Crippen LogP contribution in [0.25, 0.3) is 0 Å². The molecule has 0 aliphatic rings. The molecule has 0 bridgehead atoms. The van der Waals surface area contributed by atoms with Crippen LogP contribution in [-0.2, 0) is 16.1 Å². The SMILES string of the molecule is C=C[C@@H](C/C=C\CCCC(=O)O)OCc1ccc(OC)cc1. The first-order valence-electron chi connectivity index (χ1n) is 7.39. The summed E-state index contributed by atoms with van der Waals surface area (Å²) in [7, 11) is 1.64. The molecule has 1 aromatic carbocycles. The van der Waals surface area contributed by atoms with E-state index in [1.54, 1.807) is 13.2 Å². The highest BCUT2D eigenvalue weighted by atomic mass is 16.5. The third kappa shape index (κ3) is 7.64. The van der Waals surface area contributed by atoms with Gasteiger partial charge in [-0.2, -0.15) is 0 Å². The number of carboxylic acids is 1. The number of allylic oxidation sites excluding steroid dienone is 1. The molecule has 0 amide bonds. The fraction of sp³-hybridized carbons (Fsp3) is 0.389. The Kier molecular flexibility index (Phi) is 8.69. The van der Waals surface area contributed by atoms with E-state index in [0.717, 1.165) is 24.2 Å². The van der Waals surface area contributed by atoms with Gasteiger partial charge in [0.25, 0.3) is 0 Å². The Hall–Kier alpha value is -2.07. The Morgan fingerprint density at radius 2 is 2.05 bits per heavy atom. The van der Waals surface area contributed by atoms with Gasteiger partial charge in [-0.15, -0.1) is 6.58 Å². The molecule has 0 unspecified atom stereocenters. The van der Waals surface area contributed by atoms with Crippen molar-refractivity contribution in [1.82, 2.24) is 0 Å². The zero-order chi connectivity index (χ0) is 16.2. The first-order valence-corrected chi connectivity index (χ1v) is 7.39. The minimum Gasteiger partial charge on any atom is -0.497 e. The zero-order valence-corrected chi connectivity index (χ0v) is 13.0. The average molecular weight is 304 g/mol. The number of unbranched alkanes of at least 4 members (excludes halogenated alkanes) is 1. The number of ether oxygens (including phenoxy) is 2. The van der Waals surface area contributed by atoms with Crippen LogP contribution in [0.1, 0.15) is 31.2 Å². The van der Waals surface area contributed by atoms with E-state index >= 15 is 0 Å². The van der Waals surface area contributed by atoms with Gasteiger partial charge in [-0.1, -0.05) is 30.4 Å². The van der Waals surface area contributed by atoms with Crippen molar-refractivity contribution in [2.75, 3.05) is 7.11 Å². The van der Waals surface area contributed by atoms with Crippen LogP contribution < -0.4 is 4.74 Å². The van der Waals surface area contributed by atoms with E-state index in [2.05, 4.69) is 6.58 Å². The highest BCUT2D eigenvalue weighted by Gasteiger charge is 2.03. The van der Waals surface area contributed by atoms with Gasteiger partial charge in [-0.25, -0.2) is 0 Å². The molecular formula is C18H24O4. The van der Waals surface area contributed by atoms with Crippen LogP contribution >= 0.6 is 0 Å². The molecule has 1 atom stereocenters. The lowest BCUT2D eigenvalue weighted by Crippen LogP contribution is -2.08. The number of hydrogen-bond acceptors (Lipinski definition) is 3. The number of rotatable bonds is 11. The van der Waals surface area contributed by atoms with Crippen molar-refractivity contribution in [1.29, 1.82) is 0 Å². The van der Waals surface area contributed by atoms with E-state index in [-0.39, 0.29) is 12.5 Å². The number of hydrogen-bond donors (Lipinski definition) is 1. The molecular weight excluding hydrogens is 280 g/mol. The second kappa shape index (κ2) is 10.6. The molecule has 0 saturated carbocycles. The maximum Gasteiger partial charge on any atom is 0.303 e. The summed E-state index contributed by atoms with van der Waals surface area (Å²) in [4.78, 5) is 10.4. The van der Waals surface area contributed by atoms with Gasteiger partial charge in [0.05, 0.1) is 19.8 Å².